The zero-order chi connectivity index (χ0) is 19.6. The molecule has 0 spiro atoms. The van der Waals surface area contributed by atoms with E-state index in [0.717, 1.165) is 12.8 Å². The van der Waals surface area contributed by atoms with Gasteiger partial charge in [-0.15, -0.1) is 0 Å². The largest absolute Gasteiger partial charge is 0.332 e. The van der Waals surface area contributed by atoms with E-state index >= 15 is 0 Å². The zero-order valence-electron chi connectivity index (χ0n) is 16.4. The topological polar surface area (TPSA) is 74.8 Å². The molecule has 1 atom stereocenters. The van der Waals surface area contributed by atoms with E-state index in [0.29, 0.717) is 11.5 Å². The molecule has 0 radical (unpaired) electrons. The van der Waals surface area contributed by atoms with Gasteiger partial charge >= 0.3 is 0 Å². The number of carbonyl (C=O) groups is 2. The highest BCUT2D eigenvalue weighted by Crippen LogP contribution is 2.18. The van der Waals surface area contributed by atoms with E-state index in [2.05, 4.69) is 55.9 Å². The number of hydrogen-bond acceptors (Lipinski definition) is 2. The maximum atomic E-state index is 12.1. The van der Waals surface area contributed by atoms with Crippen LogP contribution >= 0.6 is 0 Å². The Balaban J connectivity index is 1.86. The first-order valence-corrected chi connectivity index (χ1v) is 9.57. The Morgan fingerprint density at radius 3 is 2.22 bits per heavy atom. The minimum Gasteiger partial charge on any atom is -0.332 e. The second kappa shape index (κ2) is 10.5. The van der Waals surface area contributed by atoms with Crippen molar-refractivity contribution < 1.29 is 14.9 Å². The smallest absolute Gasteiger partial charge is 0.293 e. The van der Waals surface area contributed by atoms with Crippen LogP contribution in [0.2, 0.25) is 0 Å². The zero-order valence-corrected chi connectivity index (χ0v) is 16.4. The molecular weight excluding hydrogens is 338 g/mol. The normalized spacial score (nSPS) is 11.9. The van der Waals surface area contributed by atoms with Crippen molar-refractivity contribution in [3.63, 3.8) is 0 Å². The van der Waals surface area contributed by atoms with Crippen molar-refractivity contribution in [3.05, 3.63) is 71.3 Å². The van der Waals surface area contributed by atoms with Gasteiger partial charge in [0.25, 0.3) is 11.8 Å². The Labute approximate surface area is 161 Å². The number of amides is 2. The lowest BCUT2D eigenvalue weighted by Gasteiger charge is -2.20. The van der Waals surface area contributed by atoms with Crippen molar-refractivity contribution >= 4 is 11.8 Å². The summed E-state index contributed by atoms with van der Waals surface area (Å²) in [6.45, 7) is 6.72. The van der Waals surface area contributed by atoms with Gasteiger partial charge in [0, 0.05) is 17.0 Å². The van der Waals surface area contributed by atoms with E-state index in [1.54, 1.807) is 24.3 Å². The predicted molar refractivity (Wildman–Crippen MR) is 107 cm³/mol. The van der Waals surface area contributed by atoms with E-state index in [1.807, 2.05) is 11.4 Å². The van der Waals surface area contributed by atoms with Crippen molar-refractivity contribution in [3.8, 4) is 0 Å². The molecule has 0 saturated heterocycles. The predicted octanol–water partition coefficient (Wildman–Crippen LogP) is 2.36. The lowest BCUT2D eigenvalue weighted by molar-refractivity contribution is -0.692. The van der Waals surface area contributed by atoms with Crippen LogP contribution in [0, 0.1) is 5.92 Å². The van der Waals surface area contributed by atoms with E-state index in [-0.39, 0.29) is 24.4 Å². The van der Waals surface area contributed by atoms with Gasteiger partial charge in [-0.25, -0.2) is 0 Å². The molecule has 0 unspecified atom stereocenters. The van der Waals surface area contributed by atoms with Crippen molar-refractivity contribution in [2.45, 2.75) is 39.7 Å². The first-order valence-electron chi connectivity index (χ1n) is 9.57. The summed E-state index contributed by atoms with van der Waals surface area (Å²) in [5, 5.41) is 2.02. The average molecular weight is 369 g/mol. The summed E-state index contributed by atoms with van der Waals surface area (Å²) >= 11 is 0. The first kappa shape index (κ1) is 20.6. The number of quaternary nitrogens is 1. The summed E-state index contributed by atoms with van der Waals surface area (Å²) < 4.78 is 0. The van der Waals surface area contributed by atoms with Crippen molar-refractivity contribution in [1.82, 2.24) is 10.9 Å². The molecule has 0 heterocycles. The highest BCUT2D eigenvalue weighted by molar-refractivity contribution is 5.95. The van der Waals surface area contributed by atoms with Crippen LogP contribution in [0.3, 0.4) is 0 Å². The number of carbonyl (C=O) groups excluding carboxylic acids is 2. The first-order chi connectivity index (χ1) is 13.0. The summed E-state index contributed by atoms with van der Waals surface area (Å²) in [5.41, 5.74) is 8.00. The average Bonchev–Trinajstić information content (AvgIpc) is 2.68. The van der Waals surface area contributed by atoms with Gasteiger partial charge in [-0.1, -0.05) is 69.7 Å². The molecule has 0 aliphatic rings. The monoisotopic (exact) mass is 368 g/mol. The summed E-state index contributed by atoms with van der Waals surface area (Å²) in [6, 6.07) is 17.6. The van der Waals surface area contributed by atoms with Crippen LogP contribution in [0.5, 0.6) is 0 Å². The van der Waals surface area contributed by atoms with Gasteiger partial charge in [-0.05, 0) is 24.1 Å². The number of hydrazine groups is 1. The van der Waals surface area contributed by atoms with Gasteiger partial charge in [-0.2, -0.15) is 0 Å². The lowest BCUT2D eigenvalue weighted by atomic mass is 9.94. The van der Waals surface area contributed by atoms with E-state index in [4.69, 9.17) is 0 Å². The quantitative estimate of drug-likeness (QED) is 0.626. The molecule has 5 heteroatoms. The van der Waals surface area contributed by atoms with Gasteiger partial charge in [0.05, 0.1) is 0 Å². The Kier molecular flexibility index (Phi) is 8.01. The van der Waals surface area contributed by atoms with Crippen LogP contribution in [0.25, 0.3) is 0 Å². The SMILES string of the molecule is CCCc1ccc([C@H]([NH2+]CC(=O)NNC(=O)c2ccccc2)C(C)C)cc1. The third-order valence-corrected chi connectivity index (χ3v) is 4.53. The minimum atomic E-state index is -0.323. The van der Waals surface area contributed by atoms with Crippen LogP contribution in [-0.4, -0.2) is 18.4 Å². The van der Waals surface area contributed by atoms with Crippen LogP contribution < -0.4 is 16.2 Å². The second-order valence-corrected chi connectivity index (χ2v) is 7.07. The molecule has 2 aromatic carbocycles. The lowest BCUT2D eigenvalue weighted by Crippen LogP contribution is -2.88. The fourth-order valence-electron chi connectivity index (χ4n) is 3.06. The maximum absolute atomic E-state index is 12.1. The van der Waals surface area contributed by atoms with Gasteiger partial charge in [0.2, 0.25) is 0 Å². The molecule has 2 amide bonds. The molecule has 0 aliphatic heterocycles. The van der Waals surface area contributed by atoms with E-state index in [1.165, 1.54) is 11.1 Å². The number of aryl methyl sites for hydroxylation is 1. The molecule has 5 nitrogen and oxygen atoms in total. The third kappa shape index (κ3) is 6.53. The van der Waals surface area contributed by atoms with Crippen LogP contribution in [-0.2, 0) is 11.2 Å². The van der Waals surface area contributed by atoms with Crippen LogP contribution in [0.15, 0.2) is 54.6 Å². The fourth-order valence-corrected chi connectivity index (χ4v) is 3.06. The fraction of sp³-hybridized carbons (Fsp3) is 0.364. The van der Waals surface area contributed by atoms with Gasteiger partial charge in [0.1, 0.15) is 6.04 Å². The van der Waals surface area contributed by atoms with E-state index in [9.17, 15) is 9.59 Å². The van der Waals surface area contributed by atoms with Crippen molar-refractivity contribution in [2.75, 3.05) is 6.54 Å². The minimum absolute atomic E-state index is 0.191. The maximum Gasteiger partial charge on any atom is 0.293 e. The number of rotatable bonds is 8. The molecule has 2 aromatic rings. The van der Waals surface area contributed by atoms with E-state index < -0.39 is 0 Å². The Morgan fingerprint density at radius 1 is 0.963 bits per heavy atom. The Morgan fingerprint density at radius 2 is 1.63 bits per heavy atom. The molecule has 27 heavy (non-hydrogen) atoms. The molecule has 2 rings (SSSR count). The third-order valence-electron chi connectivity index (χ3n) is 4.53. The summed E-state index contributed by atoms with van der Waals surface area (Å²) in [6.07, 6.45) is 2.22. The Bertz CT molecular complexity index is 727. The summed E-state index contributed by atoms with van der Waals surface area (Å²) in [5.74, 6) is -0.169. The second-order valence-electron chi connectivity index (χ2n) is 7.07. The molecule has 4 N–H and O–H groups in total. The van der Waals surface area contributed by atoms with Crippen molar-refractivity contribution in [2.24, 2.45) is 5.92 Å². The summed E-state index contributed by atoms with van der Waals surface area (Å²) in [7, 11) is 0. The molecule has 0 saturated carbocycles. The van der Waals surface area contributed by atoms with Gasteiger partial charge in [-0.3, -0.25) is 20.4 Å². The van der Waals surface area contributed by atoms with Crippen molar-refractivity contribution in [1.29, 1.82) is 0 Å². The number of nitrogens with two attached hydrogens (primary N) is 1. The number of benzene rings is 2. The highest BCUT2D eigenvalue weighted by Gasteiger charge is 2.20. The molecule has 0 bridgehead atoms. The molecule has 0 aromatic heterocycles. The molecule has 0 fully saturated rings. The standard InChI is InChI=1S/C22H29N3O2/c1-4-8-17-11-13-18(14-12-17)21(16(2)3)23-15-20(26)24-25-22(27)19-9-6-5-7-10-19/h5-7,9-14,16,21,23H,4,8,15H2,1-3H3,(H,24,26)(H,25,27)/p+1/t21-/m1/s1. The highest BCUT2D eigenvalue weighted by atomic mass is 16.2. The number of hydrogen-bond donors (Lipinski definition) is 3. The van der Waals surface area contributed by atoms with Gasteiger partial charge < -0.3 is 5.32 Å². The van der Waals surface area contributed by atoms with Crippen LogP contribution in [0.4, 0.5) is 0 Å². The Hall–Kier alpha value is -2.66. The molecular formula is C22H30N3O2+. The van der Waals surface area contributed by atoms with Crippen LogP contribution in [0.1, 0.15) is 54.7 Å². The molecule has 0 aliphatic carbocycles. The van der Waals surface area contributed by atoms with Gasteiger partial charge in [0.15, 0.2) is 6.54 Å². The molecule has 144 valence electrons. The number of nitrogens with one attached hydrogen (secondary N) is 2. The summed E-state index contributed by atoms with van der Waals surface area (Å²) in [4.78, 5) is 24.1.